The second-order valence-electron chi connectivity index (χ2n) is 6.38. The van der Waals surface area contributed by atoms with Crippen molar-refractivity contribution in [3.63, 3.8) is 0 Å². The molecule has 1 N–H and O–H groups in total. The van der Waals surface area contributed by atoms with Crippen LogP contribution in [0, 0.1) is 0 Å². The number of carbonyl (C=O) groups excluding carboxylic acids is 2. The Balaban J connectivity index is 1.61. The number of hydrogen-bond acceptors (Lipinski definition) is 5. The zero-order valence-corrected chi connectivity index (χ0v) is 15.4. The van der Waals surface area contributed by atoms with Crippen molar-refractivity contribution < 1.29 is 23.8 Å². The number of ether oxygens (including phenoxy) is 3. The Hall–Kier alpha value is -3.02. The van der Waals surface area contributed by atoms with Gasteiger partial charge in [-0.15, -0.1) is 0 Å². The van der Waals surface area contributed by atoms with Crippen LogP contribution in [0.3, 0.4) is 0 Å². The first kappa shape index (κ1) is 18.8. The molecular weight excluding hydrogens is 346 g/mol. The second kappa shape index (κ2) is 8.58. The summed E-state index contributed by atoms with van der Waals surface area (Å²) in [6, 6.07) is 14.4. The molecule has 0 aromatic heterocycles. The Kier molecular flexibility index (Phi) is 5.96. The maximum Gasteiger partial charge on any atom is 0.339 e. The predicted octanol–water partition coefficient (Wildman–Crippen LogP) is 3.62. The van der Waals surface area contributed by atoms with Crippen LogP contribution in [-0.4, -0.2) is 24.8 Å². The maximum absolute atomic E-state index is 12.5. The topological polar surface area (TPSA) is 73.9 Å². The van der Waals surface area contributed by atoms with Crippen molar-refractivity contribution in [3.8, 4) is 11.5 Å². The summed E-state index contributed by atoms with van der Waals surface area (Å²) in [7, 11) is 0. The minimum absolute atomic E-state index is 0.115. The smallest absolute Gasteiger partial charge is 0.339 e. The van der Waals surface area contributed by atoms with Crippen LogP contribution >= 0.6 is 0 Å². The van der Waals surface area contributed by atoms with Gasteiger partial charge in [-0.05, 0) is 37.1 Å². The molecule has 0 spiro atoms. The lowest BCUT2D eigenvalue weighted by atomic mass is 10.0. The SMILES string of the molecule is CCCC(NC(=O)C(C)OC(=O)c1ccc2c(c1)OCO2)c1ccccc1. The van der Waals surface area contributed by atoms with Crippen LogP contribution in [0.15, 0.2) is 48.5 Å². The highest BCUT2D eigenvalue weighted by Gasteiger charge is 2.23. The van der Waals surface area contributed by atoms with Gasteiger partial charge >= 0.3 is 5.97 Å². The number of fused-ring (bicyclic) bond motifs is 1. The predicted molar refractivity (Wildman–Crippen MR) is 99.7 cm³/mol. The summed E-state index contributed by atoms with van der Waals surface area (Å²) in [6.07, 6.45) is 0.815. The third kappa shape index (κ3) is 4.58. The molecule has 0 fully saturated rings. The van der Waals surface area contributed by atoms with E-state index in [-0.39, 0.29) is 18.7 Å². The molecule has 2 aromatic rings. The average molecular weight is 369 g/mol. The second-order valence-corrected chi connectivity index (χ2v) is 6.38. The number of hydrogen-bond donors (Lipinski definition) is 1. The van der Waals surface area contributed by atoms with Gasteiger partial charge < -0.3 is 19.5 Å². The number of rotatable bonds is 7. The van der Waals surface area contributed by atoms with Crippen LogP contribution in [0.5, 0.6) is 11.5 Å². The molecule has 0 radical (unpaired) electrons. The van der Waals surface area contributed by atoms with E-state index < -0.39 is 12.1 Å². The van der Waals surface area contributed by atoms with Gasteiger partial charge in [-0.2, -0.15) is 0 Å². The van der Waals surface area contributed by atoms with Gasteiger partial charge in [-0.25, -0.2) is 4.79 Å². The molecule has 0 bridgehead atoms. The summed E-state index contributed by atoms with van der Waals surface area (Å²) >= 11 is 0. The minimum atomic E-state index is -0.911. The molecule has 0 aliphatic carbocycles. The van der Waals surface area contributed by atoms with Crippen molar-refractivity contribution >= 4 is 11.9 Å². The Morgan fingerprint density at radius 3 is 2.59 bits per heavy atom. The first-order chi connectivity index (χ1) is 13.1. The van der Waals surface area contributed by atoms with Crippen molar-refractivity contribution in [1.29, 1.82) is 0 Å². The van der Waals surface area contributed by atoms with Gasteiger partial charge in [-0.1, -0.05) is 43.7 Å². The standard InChI is InChI=1S/C21H23NO5/c1-3-7-17(15-8-5-4-6-9-15)22-20(23)14(2)27-21(24)16-10-11-18-19(12-16)26-13-25-18/h4-6,8-12,14,17H,3,7,13H2,1-2H3,(H,22,23). The number of nitrogens with one attached hydrogen (secondary N) is 1. The van der Waals surface area contributed by atoms with Gasteiger partial charge in [0.1, 0.15) is 0 Å². The van der Waals surface area contributed by atoms with E-state index in [1.807, 2.05) is 30.3 Å². The first-order valence-electron chi connectivity index (χ1n) is 9.04. The maximum atomic E-state index is 12.5. The number of carbonyl (C=O) groups is 2. The summed E-state index contributed by atoms with van der Waals surface area (Å²) in [4.78, 5) is 24.9. The average Bonchev–Trinajstić information content (AvgIpc) is 3.16. The van der Waals surface area contributed by atoms with E-state index in [0.29, 0.717) is 17.1 Å². The summed E-state index contributed by atoms with van der Waals surface area (Å²) in [5.41, 5.74) is 1.34. The fourth-order valence-electron chi connectivity index (χ4n) is 2.89. The molecule has 142 valence electrons. The van der Waals surface area contributed by atoms with Crippen LogP contribution in [-0.2, 0) is 9.53 Å². The molecule has 2 aromatic carbocycles. The first-order valence-corrected chi connectivity index (χ1v) is 9.04. The van der Waals surface area contributed by atoms with E-state index in [2.05, 4.69) is 12.2 Å². The monoisotopic (exact) mass is 369 g/mol. The van der Waals surface area contributed by atoms with Crippen LogP contribution in [0.2, 0.25) is 0 Å². The molecule has 1 amide bonds. The molecule has 1 heterocycles. The Labute approximate surface area is 158 Å². The zero-order chi connectivity index (χ0) is 19.2. The lowest BCUT2D eigenvalue weighted by molar-refractivity contribution is -0.129. The molecule has 1 aliphatic rings. The molecule has 6 nitrogen and oxygen atoms in total. The highest BCUT2D eigenvalue weighted by molar-refractivity contribution is 5.93. The van der Waals surface area contributed by atoms with E-state index in [1.54, 1.807) is 25.1 Å². The van der Waals surface area contributed by atoms with Crippen LogP contribution < -0.4 is 14.8 Å². The molecule has 0 saturated heterocycles. The molecular formula is C21H23NO5. The molecule has 27 heavy (non-hydrogen) atoms. The Morgan fingerprint density at radius 2 is 1.85 bits per heavy atom. The summed E-state index contributed by atoms with van der Waals surface area (Å²) in [5, 5.41) is 2.97. The van der Waals surface area contributed by atoms with E-state index in [4.69, 9.17) is 14.2 Å². The fourth-order valence-corrected chi connectivity index (χ4v) is 2.89. The lowest BCUT2D eigenvalue weighted by Gasteiger charge is -2.21. The van der Waals surface area contributed by atoms with Crippen LogP contribution in [0.25, 0.3) is 0 Å². The summed E-state index contributed by atoms with van der Waals surface area (Å²) < 4.78 is 15.8. The highest BCUT2D eigenvalue weighted by atomic mass is 16.7. The van der Waals surface area contributed by atoms with Crippen molar-refractivity contribution in [2.45, 2.75) is 38.8 Å². The van der Waals surface area contributed by atoms with Crippen molar-refractivity contribution in [3.05, 3.63) is 59.7 Å². The molecule has 2 atom stereocenters. The summed E-state index contributed by atoms with van der Waals surface area (Å²) in [6.45, 7) is 3.75. The van der Waals surface area contributed by atoms with E-state index in [1.165, 1.54) is 0 Å². The fraction of sp³-hybridized carbons (Fsp3) is 0.333. The van der Waals surface area contributed by atoms with Gasteiger partial charge in [0.25, 0.3) is 5.91 Å². The van der Waals surface area contributed by atoms with E-state index >= 15 is 0 Å². The van der Waals surface area contributed by atoms with Crippen molar-refractivity contribution in [2.75, 3.05) is 6.79 Å². The molecule has 3 rings (SSSR count). The number of benzene rings is 2. The largest absolute Gasteiger partial charge is 0.454 e. The molecule has 0 saturated carbocycles. The third-order valence-electron chi connectivity index (χ3n) is 4.36. The van der Waals surface area contributed by atoms with Crippen molar-refractivity contribution in [1.82, 2.24) is 5.32 Å². The number of amides is 1. The molecule has 1 aliphatic heterocycles. The third-order valence-corrected chi connectivity index (χ3v) is 4.36. The van der Waals surface area contributed by atoms with Gasteiger partial charge in [0.15, 0.2) is 17.6 Å². The number of esters is 1. The van der Waals surface area contributed by atoms with Gasteiger partial charge in [0.05, 0.1) is 11.6 Å². The summed E-state index contributed by atoms with van der Waals surface area (Å²) in [5.74, 6) is 0.172. The normalized spacial score (nSPS) is 14.3. The van der Waals surface area contributed by atoms with Crippen LogP contribution in [0.4, 0.5) is 0 Å². The Morgan fingerprint density at radius 1 is 1.11 bits per heavy atom. The lowest BCUT2D eigenvalue weighted by Crippen LogP contribution is -2.38. The van der Waals surface area contributed by atoms with Crippen LogP contribution in [0.1, 0.15) is 48.7 Å². The van der Waals surface area contributed by atoms with Crippen molar-refractivity contribution in [2.24, 2.45) is 0 Å². The highest BCUT2D eigenvalue weighted by Crippen LogP contribution is 2.32. The van der Waals surface area contributed by atoms with Gasteiger partial charge in [0.2, 0.25) is 6.79 Å². The van der Waals surface area contributed by atoms with Gasteiger partial charge in [0, 0.05) is 0 Å². The Bertz CT molecular complexity index is 805. The minimum Gasteiger partial charge on any atom is -0.454 e. The van der Waals surface area contributed by atoms with E-state index in [0.717, 1.165) is 18.4 Å². The molecule has 6 heteroatoms. The molecule has 2 unspecified atom stereocenters. The quantitative estimate of drug-likeness (QED) is 0.755. The van der Waals surface area contributed by atoms with Gasteiger partial charge in [-0.3, -0.25) is 4.79 Å². The zero-order valence-electron chi connectivity index (χ0n) is 15.4. The van der Waals surface area contributed by atoms with E-state index in [9.17, 15) is 9.59 Å².